The van der Waals surface area contributed by atoms with Crippen molar-refractivity contribution < 1.29 is 9.59 Å². The number of nitrogens with two attached hydrogens (primary N) is 2. The Bertz CT molecular complexity index is 1020. The number of aromatic nitrogens is 2. The fraction of sp³-hybridized carbons (Fsp3) is 0.571. The molecule has 0 spiro atoms. The number of hydrogen-bond acceptors (Lipinski definition) is 7. The van der Waals surface area contributed by atoms with Crippen LogP contribution >= 0.6 is 11.6 Å². The molecule has 0 aliphatic carbocycles. The first-order valence-corrected chi connectivity index (χ1v) is 14.3. The van der Waals surface area contributed by atoms with E-state index in [2.05, 4.69) is 31.6 Å². The highest BCUT2D eigenvalue weighted by atomic mass is 35.5. The molecule has 1 aromatic carbocycles. The number of nitrogens with zero attached hydrogens (tertiary/aromatic N) is 4. The smallest absolute Gasteiger partial charge is 0.314 e. The van der Waals surface area contributed by atoms with Crippen molar-refractivity contribution in [2.24, 2.45) is 11.5 Å². The van der Waals surface area contributed by atoms with Crippen LogP contribution in [0, 0.1) is 0 Å². The van der Waals surface area contributed by atoms with Gasteiger partial charge in [0.05, 0.1) is 16.9 Å². The van der Waals surface area contributed by atoms with Gasteiger partial charge in [-0.05, 0) is 68.8 Å². The van der Waals surface area contributed by atoms with Gasteiger partial charge < -0.3 is 31.9 Å². The monoisotopic (exact) mass is 562 g/mol. The summed E-state index contributed by atoms with van der Waals surface area (Å²) in [6.07, 6.45) is 7.33. The van der Waals surface area contributed by atoms with E-state index in [1.807, 2.05) is 39.8 Å². The number of benzene rings is 1. The Labute approximate surface area is 238 Å². The van der Waals surface area contributed by atoms with Crippen molar-refractivity contribution >= 4 is 40.9 Å². The van der Waals surface area contributed by atoms with Crippen molar-refractivity contribution in [2.45, 2.75) is 65.7 Å². The Morgan fingerprint density at radius 1 is 1.05 bits per heavy atom. The van der Waals surface area contributed by atoms with Crippen LogP contribution in [0.4, 0.5) is 22.1 Å². The lowest BCUT2D eigenvalue weighted by atomic mass is 9.90. The van der Waals surface area contributed by atoms with E-state index in [0.29, 0.717) is 22.4 Å². The average molecular weight is 563 g/mol. The Kier molecular flexibility index (Phi) is 15.9. The third-order valence-electron chi connectivity index (χ3n) is 6.17. The van der Waals surface area contributed by atoms with Crippen LogP contribution in [0.25, 0.3) is 0 Å². The molecule has 39 heavy (non-hydrogen) atoms. The van der Waals surface area contributed by atoms with Gasteiger partial charge in [-0.25, -0.2) is 14.8 Å². The molecule has 3 amide bonds. The van der Waals surface area contributed by atoms with Crippen LogP contribution in [-0.4, -0.2) is 67.1 Å². The van der Waals surface area contributed by atoms with E-state index in [4.69, 9.17) is 23.1 Å². The number of nitrogens with one attached hydrogen (secondary N) is 2. The summed E-state index contributed by atoms with van der Waals surface area (Å²) < 4.78 is 0. The molecule has 2 aliphatic heterocycles. The summed E-state index contributed by atoms with van der Waals surface area (Å²) in [6.45, 7) is 11.9. The van der Waals surface area contributed by atoms with Crippen molar-refractivity contribution in [1.29, 1.82) is 0 Å². The fourth-order valence-corrected chi connectivity index (χ4v) is 4.33. The van der Waals surface area contributed by atoms with E-state index < -0.39 is 11.9 Å². The van der Waals surface area contributed by atoms with Crippen LogP contribution in [-0.2, 0) is 0 Å². The molecule has 2 aliphatic rings. The Balaban J connectivity index is 0.000000664. The highest BCUT2D eigenvalue weighted by Gasteiger charge is 2.20. The average Bonchev–Trinajstić information content (AvgIpc) is 2.97. The van der Waals surface area contributed by atoms with Crippen molar-refractivity contribution in [1.82, 2.24) is 20.2 Å². The minimum Gasteiger partial charge on any atom is -0.364 e. The van der Waals surface area contributed by atoms with Gasteiger partial charge in [-0.15, -0.1) is 0 Å². The third kappa shape index (κ3) is 10.9. The number of piperidine rings is 2. The number of anilines is 3. The maximum absolute atomic E-state index is 11.9. The van der Waals surface area contributed by atoms with E-state index in [1.165, 1.54) is 16.9 Å². The van der Waals surface area contributed by atoms with E-state index in [-0.39, 0.29) is 5.69 Å². The largest absolute Gasteiger partial charge is 0.364 e. The molecule has 1 aromatic heterocycles. The zero-order chi connectivity index (χ0) is 29.4. The number of hydrogen-bond donors (Lipinski definition) is 4. The second-order valence-corrected chi connectivity index (χ2v) is 9.37. The molecule has 0 bridgehead atoms. The summed E-state index contributed by atoms with van der Waals surface area (Å²) in [4.78, 5) is 34.1. The van der Waals surface area contributed by atoms with Gasteiger partial charge in [-0.3, -0.25) is 4.79 Å². The van der Waals surface area contributed by atoms with Crippen LogP contribution in [0.5, 0.6) is 0 Å². The summed E-state index contributed by atoms with van der Waals surface area (Å²) in [5.74, 6) is 0.996. The standard InChI is InChI=1S/C21H27ClN6O.C3H8N2O.2C2H6/c22-16-12-15(14-6-8-24-9-7-14)4-5-17(16)26-21-19(20(23)29)25-13-18(27-21)28-10-2-1-3-11-28;1-5(2)3(4)6;2*1-2/h4-5,12-14,24H,1-3,6-11H2,(H2,23,29)(H,26,27);1-2H3,(H2,4,6);2*1-2H3. The molecule has 6 N–H and O–H groups in total. The number of halogens is 1. The van der Waals surface area contributed by atoms with Gasteiger partial charge in [-0.1, -0.05) is 45.4 Å². The van der Waals surface area contributed by atoms with E-state index in [0.717, 1.165) is 57.7 Å². The quantitative estimate of drug-likeness (QED) is 0.396. The van der Waals surface area contributed by atoms with Crippen molar-refractivity contribution in [2.75, 3.05) is 50.5 Å². The second-order valence-electron chi connectivity index (χ2n) is 8.96. The lowest BCUT2D eigenvalue weighted by Gasteiger charge is -2.28. The molecule has 2 fully saturated rings. The molecule has 218 valence electrons. The number of rotatable bonds is 5. The van der Waals surface area contributed by atoms with Crippen LogP contribution in [0.2, 0.25) is 5.02 Å². The molecule has 2 aromatic rings. The van der Waals surface area contributed by atoms with E-state index >= 15 is 0 Å². The minimum absolute atomic E-state index is 0.115. The van der Waals surface area contributed by atoms with Crippen LogP contribution < -0.4 is 27.0 Å². The Morgan fingerprint density at radius 2 is 1.64 bits per heavy atom. The lowest BCUT2D eigenvalue weighted by Crippen LogP contribution is -2.31. The third-order valence-corrected chi connectivity index (χ3v) is 6.48. The van der Waals surface area contributed by atoms with Crippen LogP contribution in [0.3, 0.4) is 0 Å². The van der Waals surface area contributed by atoms with Gasteiger partial charge in [-0.2, -0.15) is 0 Å². The Morgan fingerprint density at radius 3 is 2.15 bits per heavy atom. The fourth-order valence-electron chi connectivity index (χ4n) is 4.09. The molecule has 0 saturated carbocycles. The predicted molar refractivity (Wildman–Crippen MR) is 162 cm³/mol. The topological polar surface area (TPSA) is 142 Å². The van der Waals surface area contributed by atoms with Gasteiger partial charge in [0.15, 0.2) is 11.5 Å². The van der Waals surface area contributed by atoms with Gasteiger partial charge >= 0.3 is 6.03 Å². The van der Waals surface area contributed by atoms with E-state index in [9.17, 15) is 9.59 Å². The zero-order valence-electron chi connectivity index (χ0n) is 24.4. The van der Waals surface area contributed by atoms with Gasteiger partial charge in [0.2, 0.25) is 0 Å². The molecule has 11 heteroatoms. The van der Waals surface area contributed by atoms with Crippen LogP contribution in [0.15, 0.2) is 24.4 Å². The minimum atomic E-state index is -0.618. The highest BCUT2D eigenvalue weighted by Crippen LogP contribution is 2.33. The normalized spacial score (nSPS) is 14.8. The zero-order valence-corrected chi connectivity index (χ0v) is 25.1. The number of urea groups is 1. The molecular formula is C28H47ClN8O2. The molecular weight excluding hydrogens is 516 g/mol. The van der Waals surface area contributed by atoms with E-state index in [1.54, 1.807) is 20.3 Å². The maximum Gasteiger partial charge on any atom is 0.314 e. The van der Waals surface area contributed by atoms with Gasteiger partial charge in [0, 0.05) is 27.2 Å². The second kappa shape index (κ2) is 18.2. The highest BCUT2D eigenvalue weighted by molar-refractivity contribution is 6.33. The summed E-state index contributed by atoms with van der Waals surface area (Å²) in [6, 6.07) is 5.64. The lowest BCUT2D eigenvalue weighted by molar-refractivity contribution is 0.0996. The predicted octanol–water partition coefficient (Wildman–Crippen LogP) is 5.11. The Hall–Kier alpha value is -3.11. The first kappa shape index (κ1) is 33.9. The summed E-state index contributed by atoms with van der Waals surface area (Å²) >= 11 is 6.57. The summed E-state index contributed by atoms with van der Waals surface area (Å²) in [5, 5.41) is 7.17. The molecule has 0 unspecified atom stereocenters. The maximum atomic E-state index is 11.9. The number of amides is 3. The molecule has 0 atom stereocenters. The molecule has 2 saturated heterocycles. The number of carbonyl (C=O) groups is 2. The van der Waals surface area contributed by atoms with Gasteiger partial charge in [0.1, 0.15) is 5.82 Å². The molecule has 0 radical (unpaired) electrons. The molecule has 10 nitrogen and oxygen atoms in total. The summed E-state index contributed by atoms with van der Waals surface area (Å²) in [7, 11) is 3.20. The number of carbonyl (C=O) groups excluding carboxylic acids is 2. The van der Waals surface area contributed by atoms with Crippen LogP contribution in [0.1, 0.15) is 81.8 Å². The van der Waals surface area contributed by atoms with Crippen molar-refractivity contribution in [3.8, 4) is 0 Å². The van der Waals surface area contributed by atoms with Crippen molar-refractivity contribution in [3.05, 3.63) is 40.7 Å². The number of primary amides is 2. The molecule has 3 heterocycles. The SMILES string of the molecule is CC.CC.CN(C)C(N)=O.NC(=O)c1ncc(N2CCCCC2)nc1Nc1ccc(C2CCNCC2)cc1Cl. The first-order valence-electron chi connectivity index (χ1n) is 13.9. The van der Waals surface area contributed by atoms with Crippen molar-refractivity contribution in [3.63, 3.8) is 0 Å². The molecule has 4 rings (SSSR count). The summed E-state index contributed by atoms with van der Waals surface area (Å²) in [5.41, 5.74) is 12.3. The van der Waals surface area contributed by atoms with Gasteiger partial charge in [0.25, 0.3) is 5.91 Å². The first-order chi connectivity index (χ1) is 18.8.